The topological polar surface area (TPSA) is 130 Å². The first-order valence-corrected chi connectivity index (χ1v) is 5.49. The molecule has 10 nitrogen and oxygen atoms in total. The van der Waals surface area contributed by atoms with E-state index in [0.717, 1.165) is 12.1 Å². The predicted octanol–water partition coefficient (Wildman–Crippen LogP) is 1.48. The minimum Gasteiger partial charge on any atom is -0.464 e. The van der Waals surface area contributed by atoms with Crippen LogP contribution in [-0.2, 0) is 4.74 Å². The Bertz CT molecular complexity index is 738. The quantitative estimate of drug-likeness (QED) is 0.473. The first-order valence-electron chi connectivity index (χ1n) is 5.49. The highest BCUT2D eigenvalue weighted by Crippen LogP contribution is 2.28. The van der Waals surface area contributed by atoms with Crippen LogP contribution in [0.2, 0.25) is 0 Å². The third kappa shape index (κ3) is 2.68. The number of imidazole rings is 1. The van der Waals surface area contributed by atoms with Crippen LogP contribution in [0.15, 0.2) is 30.7 Å². The molecule has 0 radical (unpaired) electrons. The highest BCUT2D eigenvalue weighted by Gasteiger charge is 2.24. The molecule has 0 bridgehead atoms. The van der Waals surface area contributed by atoms with Gasteiger partial charge in [0.25, 0.3) is 0 Å². The van der Waals surface area contributed by atoms with Crippen LogP contribution in [0.5, 0.6) is 0 Å². The highest BCUT2D eigenvalue weighted by atomic mass is 16.6. The van der Waals surface area contributed by atoms with Gasteiger partial charge in [0.2, 0.25) is 0 Å². The maximum absolute atomic E-state index is 11.3. The fourth-order valence-corrected chi connectivity index (χ4v) is 1.65. The molecule has 0 N–H and O–H groups in total. The summed E-state index contributed by atoms with van der Waals surface area (Å²) >= 11 is 0. The van der Waals surface area contributed by atoms with Crippen LogP contribution in [0.4, 0.5) is 11.4 Å². The van der Waals surface area contributed by atoms with E-state index in [9.17, 15) is 25.0 Å². The highest BCUT2D eigenvalue weighted by molar-refractivity contribution is 5.86. The number of hydrogen-bond donors (Lipinski definition) is 0. The summed E-state index contributed by atoms with van der Waals surface area (Å²) in [6.45, 7) is 0. The molecule has 0 aliphatic carbocycles. The van der Waals surface area contributed by atoms with Gasteiger partial charge < -0.3 is 9.30 Å². The Morgan fingerprint density at radius 1 is 1.24 bits per heavy atom. The van der Waals surface area contributed by atoms with Gasteiger partial charge in [-0.1, -0.05) is 0 Å². The number of rotatable bonds is 4. The number of carbonyl (C=O) groups excluding carboxylic acids is 1. The number of aromatic nitrogens is 2. The Balaban J connectivity index is 2.48. The van der Waals surface area contributed by atoms with Gasteiger partial charge in [-0.2, -0.15) is 0 Å². The number of esters is 1. The molecule has 2 rings (SSSR count). The van der Waals surface area contributed by atoms with Crippen LogP contribution in [0.1, 0.15) is 10.5 Å². The van der Waals surface area contributed by atoms with Crippen LogP contribution >= 0.6 is 0 Å². The second-order valence-electron chi connectivity index (χ2n) is 3.84. The van der Waals surface area contributed by atoms with Gasteiger partial charge in [-0.25, -0.2) is 9.78 Å². The lowest BCUT2D eigenvalue weighted by molar-refractivity contribution is -0.422. The molecule has 0 saturated carbocycles. The SMILES string of the molecule is COC(=O)c1cn(-c2ccc([N+](=O)[O-])c([N+](=O)[O-])c2)cn1. The molecule has 0 amide bonds. The molecule has 2 aromatic rings. The normalized spacial score (nSPS) is 10.1. The average molecular weight is 292 g/mol. The van der Waals surface area contributed by atoms with Gasteiger partial charge in [0.15, 0.2) is 5.69 Å². The molecule has 0 saturated heterocycles. The second-order valence-corrected chi connectivity index (χ2v) is 3.84. The van der Waals surface area contributed by atoms with Crippen molar-refractivity contribution in [1.82, 2.24) is 9.55 Å². The van der Waals surface area contributed by atoms with Crippen molar-refractivity contribution < 1.29 is 19.4 Å². The molecular formula is C11H8N4O6. The van der Waals surface area contributed by atoms with E-state index in [2.05, 4.69) is 9.72 Å². The third-order valence-corrected chi connectivity index (χ3v) is 2.63. The summed E-state index contributed by atoms with van der Waals surface area (Å²) in [4.78, 5) is 35.0. The molecular weight excluding hydrogens is 284 g/mol. The van der Waals surface area contributed by atoms with Crippen molar-refractivity contribution in [2.75, 3.05) is 7.11 Å². The number of ether oxygens (including phenoxy) is 1. The molecule has 0 fully saturated rings. The largest absolute Gasteiger partial charge is 0.464 e. The summed E-state index contributed by atoms with van der Waals surface area (Å²) in [5.74, 6) is -0.662. The summed E-state index contributed by atoms with van der Waals surface area (Å²) in [6.07, 6.45) is 2.55. The van der Waals surface area contributed by atoms with Gasteiger partial charge in [-0.15, -0.1) is 0 Å². The van der Waals surface area contributed by atoms with Gasteiger partial charge in [0.05, 0.1) is 22.6 Å². The lowest BCUT2D eigenvalue weighted by Gasteiger charge is -2.02. The van der Waals surface area contributed by atoms with Crippen molar-refractivity contribution in [1.29, 1.82) is 0 Å². The van der Waals surface area contributed by atoms with Gasteiger partial charge in [0.1, 0.15) is 6.33 Å². The van der Waals surface area contributed by atoms with E-state index >= 15 is 0 Å². The number of nitrogens with zero attached hydrogens (tertiary/aromatic N) is 4. The first kappa shape index (κ1) is 14.1. The Labute approximate surface area is 116 Å². The monoisotopic (exact) mass is 292 g/mol. The summed E-state index contributed by atoms with van der Waals surface area (Å²) in [5.41, 5.74) is -0.990. The van der Waals surface area contributed by atoms with Crippen molar-refractivity contribution in [3.8, 4) is 5.69 Å². The molecule has 10 heteroatoms. The Morgan fingerprint density at radius 2 is 1.90 bits per heavy atom. The summed E-state index contributed by atoms with van der Waals surface area (Å²) in [5, 5.41) is 21.6. The number of nitro benzene ring substituents is 2. The molecule has 0 aliphatic rings. The summed E-state index contributed by atoms with van der Waals surface area (Å²) < 4.78 is 5.81. The van der Waals surface area contributed by atoms with Gasteiger partial charge in [-0.3, -0.25) is 20.2 Å². The number of benzene rings is 1. The molecule has 1 aromatic heterocycles. The smallest absolute Gasteiger partial charge is 0.358 e. The fraction of sp³-hybridized carbons (Fsp3) is 0.0909. The van der Waals surface area contributed by atoms with E-state index in [1.54, 1.807) is 0 Å². The molecule has 0 atom stereocenters. The van der Waals surface area contributed by atoms with E-state index < -0.39 is 27.2 Å². The molecule has 108 valence electrons. The van der Waals surface area contributed by atoms with Crippen molar-refractivity contribution in [3.05, 3.63) is 56.6 Å². The van der Waals surface area contributed by atoms with Crippen molar-refractivity contribution in [2.45, 2.75) is 0 Å². The van der Waals surface area contributed by atoms with Crippen molar-refractivity contribution in [2.24, 2.45) is 0 Å². The van der Waals surface area contributed by atoms with Gasteiger partial charge >= 0.3 is 17.3 Å². The molecule has 0 spiro atoms. The minimum absolute atomic E-state index is 0.0125. The van der Waals surface area contributed by atoms with Crippen LogP contribution in [0.25, 0.3) is 5.69 Å². The molecule has 0 aliphatic heterocycles. The number of carbonyl (C=O) groups is 1. The van der Waals surface area contributed by atoms with E-state index in [-0.39, 0.29) is 11.4 Å². The van der Waals surface area contributed by atoms with Crippen molar-refractivity contribution in [3.63, 3.8) is 0 Å². The van der Waals surface area contributed by atoms with E-state index in [0.29, 0.717) is 0 Å². The summed E-state index contributed by atoms with van der Waals surface area (Å²) in [6, 6.07) is 3.36. The van der Waals surface area contributed by atoms with E-state index in [1.807, 2.05) is 0 Å². The van der Waals surface area contributed by atoms with Crippen molar-refractivity contribution >= 4 is 17.3 Å². The van der Waals surface area contributed by atoms with Gasteiger partial charge in [-0.05, 0) is 6.07 Å². The Hall–Kier alpha value is -3.30. The lowest BCUT2D eigenvalue weighted by Crippen LogP contribution is -2.01. The third-order valence-electron chi connectivity index (χ3n) is 2.63. The fourth-order valence-electron chi connectivity index (χ4n) is 1.65. The molecule has 21 heavy (non-hydrogen) atoms. The van der Waals surface area contributed by atoms with E-state index in [4.69, 9.17) is 0 Å². The van der Waals surface area contributed by atoms with Crippen LogP contribution in [0.3, 0.4) is 0 Å². The minimum atomic E-state index is -0.847. The predicted molar refractivity (Wildman–Crippen MR) is 68.2 cm³/mol. The number of hydrogen-bond acceptors (Lipinski definition) is 7. The molecule has 1 aromatic carbocycles. The average Bonchev–Trinajstić information content (AvgIpc) is 2.95. The van der Waals surface area contributed by atoms with Crippen LogP contribution < -0.4 is 0 Å². The Kier molecular flexibility index (Phi) is 3.61. The maximum Gasteiger partial charge on any atom is 0.358 e. The number of methoxy groups -OCH3 is 1. The summed E-state index contributed by atoms with van der Waals surface area (Å²) in [7, 11) is 1.19. The zero-order chi connectivity index (χ0) is 15.6. The van der Waals surface area contributed by atoms with E-state index in [1.165, 1.54) is 30.3 Å². The molecule has 1 heterocycles. The lowest BCUT2D eigenvalue weighted by atomic mass is 10.2. The molecule has 0 unspecified atom stereocenters. The van der Waals surface area contributed by atoms with Crippen LogP contribution in [0, 0.1) is 20.2 Å². The van der Waals surface area contributed by atoms with Gasteiger partial charge in [0, 0.05) is 18.3 Å². The zero-order valence-corrected chi connectivity index (χ0v) is 10.6. The zero-order valence-electron chi connectivity index (χ0n) is 10.6. The first-order chi connectivity index (χ1) is 9.93. The van der Waals surface area contributed by atoms with Crippen LogP contribution in [-0.4, -0.2) is 32.5 Å². The Morgan fingerprint density at radius 3 is 2.48 bits per heavy atom. The second kappa shape index (κ2) is 5.36. The maximum atomic E-state index is 11.3. The number of nitro groups is 2. The standard InChI is InChI=1S/C11H8N4O6/c1-21-11(16)8-5-13(6-12-8)7-2-3-9(14(17)18)10(4-7)15(19)20/h2-6H,1H3.